The van der Waals surface area contributed by atoms with Crippen molar-refractivity contribution in [3.05, 3.63) is 34.4 Å². The molecule has 1 heterocycles. The highest BCUT2D eigenvalue weighted by molar-refractivity contribution is 6.21. The van der Waals surface area contributed by atoms with Gasteiger partial charge >= 0.3 is 6.03 Å². The van der Waals surface area contributed by atoms with Gasteiger partial charge in [0, 0.05) is 25.8 Å². The van der Waals surface area contributed by atoms with Crippen LogP contribution < -0.4 is 10.2 Å². The summed E-state index contributed by atoms with van der Waals surface area (Å²) in [6.45, 7) is 0.511. The quantitative estimate of drug-likeness (QED) is 0.370. The first kappa shape index (κ1) is 14.9. The van der Waals surface area contributed by atoms with E-state index in [1.807, 2.05) is 0 Å². The molecule has 1 saturated heterocycles. The molecule has 8 heteroatoms. The monoisotopic (exact) mass is 293 g/mol. The Morgan fingerprint density at radius 3 is 2.57 bits per heavy atom. The highest BCUT2D eigenvalue weighted by atomic mass is 16.6. The van der Waals surface area contributed by atoms with Crippen LogP contribution in [0, 0.1) is 10.1 Å². The fraction of sp³-hybridized carbons (Fsp3) is 0.385. The Morgan fingerprint density at radius 1 is 1.33 bits per heavy atom. The van der Waals surface area contributed by atoms with Crippen LogP contribution in [0.25, 0.3) is 0 Å². The van der Waals surface area contributed by atoms with Crippen LogP contribution in [-0.4, -0.2) is 36.6 Å². The van der Waals surface area contributed by atoms with Gasteiger partial charge in [-0.3, -0.25) is 14.9 Å². The van der Waals surface area contributed by atoms with Crippen LogP contribution in [-0.2, 0) is 9.53 Å². The van der Waals surface area contributed by atoms with E-state index in [9.17, 15) is 19.7 Å². The average Bonchev–Trinajstić information content (AvgIpc) is 2.74. The summed E-state index contributed by atoms with van der Waals surface area (Å²) < 4.78 is 4.91. The van der Waals surface area contributed by atoms with Crippen LogP contribution in [0.2, 0.25) is 0 Å². The van der Waals surface area contributed by atoms with Gasteiger partial charge in [0.15, 0.2) is 0 Å². The third-order valence-corrected chi connectivity index (χ3v) is 3.18. The van der Waals surface area contributed by atoms with E-state index < -0.39 is 17.0 Å². The van der Waals surface area contributed by atoms with Crippen molar-refractivity contribution >= 4 is 23.3 Å². The minimum absolute atomic E-state index is 0.0950. The fourth-order valence-electron chi connectivity index (χ4n) is 2.13. The number of imide groups is 1. The zero-order chi connectivity index (χ0) is 15.4. The molecule has 1 aliphatic heterocycles. The molecule has 1 unspecified atom stereocenters. The van der Waals surface area contributed by atoms with Crippen LogP contribution in [0.4, 0.5) is 16.2 Å². The number of amides is 3. The lowest BCUT2D eigenvalue weighted by atomic mass is 10.1. The van der Waals surface area contributed by atoms with Gasteiger partial charge in [0.2, 0.25) is 0 Å². The molecule has 0 radical (unpaired) electrons. The number of nitro benzene ring substituents is 1. The van der Waals surface area contributed by atoms with Crippen LogP contribution in [0.1, 0.15) is 12.8 Å². The van der Waals surface area contributed by atoms with Crippen molar-refractivity contribution in [1.29, 1.82) is 0 Å². The summed E-state index contributed by atoms with van der Waals surface area (Å²) in [7, 11) is 1.57. The minimum Gasteiger partial charge on any atom is -0.385 e. The summed E-state index contributed by atoms with van der Waals surface area (Å²) in [5.74, 6) is -0.357. The molecule has 1 aromatic carbocycles. The van der Waals surface area contributed by atoms with Crippen molar-refractivity contribution in [2.45, 2.75) is 18.9 Å². The third kappa shape index (κ3) is 3.16. The summed E-state index contributed by atoms with van der Waals surface area (Å²) in [5.41, 5.74) is 0.222. The second-order valence-electron chi connectivity index (χ2n) is 4.58. The van der Waals surface area contributed by atoms with Gasteiger partial charge in [-0.1, -0.05) is 0 Å². The minimum atomic E-state index is -0.581. The molecule has 2 rings (SSSR count). The van der Waals surface area contributed by atoms with Gasteiger partial charge in [-0.25, -0.2) is 9.69 Å². The largest absolute Gasteiger partial charge is 0.385 e. The Kier molecular flexibility index (Phi) is 4.49. The number of urea groups is 1. The van der Waals surface area contributed by atoms with Crippen molar-refractivity contribution in [3.63, 3.8) is 0 Å². The van der Waals surface area contributed by atoms with E-state index in [0.717, 1.165) is 4.90 Å². The number of hydrogen-bond acceptors (Lipinski definition) is 5. The van der Waals surface area contributed by atoms with E-state index in [0.29, 0.717) is 25.1 Å². The maximum absolute atomic E-state index is 12.2. The molecule has 3 amide bonds. The lowest BCUT2D eigenvalue weighted by Crippen LogP contribution is -2.31. The summed E-state index contributed by atoms with van der Waals surface area (Å²) >= 11 is 0. The van der Waals surface area contributed by atoms with Crippen molar-refractivity contribution < 1.29 is 19.2 Å². The molecule has 112 valence electrons. The number of nitro groups is 1. The smallest absolute Gasteiger partial charge is 0.329 e. The van der Waals surface area contributed by atoms with Crippen molar-refractivity contribution in [2.75, 3.05) is 18.6 Å². The van der Waals surface area contributed by atoms with Crippen molar-refractivity contribution in [1.82, 2.24) is 5.32 Å². The molecule has 0 bridgehead atoms. The van der Waals surface area contributed by atoms with Gasteiger partial charge in [-0.05, 0) is 25.0 Å². The maximum Gasteiger partial charge on any atom is 0.329 e. The number of rotatable bonds is 6. The lowest BCUT2D eigenvalue weighted by molar-refractivity contribution is -0.384. The van der Waals surface area contributed by atoms with Gasteiger partial charge in [0.05, 0.1) is 10.6 Å². The van der Waals surface area contributed by atoms with Crippen LogP contribution in [0.5, 0.6) is 0 Å². The predicted molar refractivity (Wildman–Crippen MR) is 74.0 cm³/mol. The number of non-ortho nitro benzene ring substituents is 1. The Hall–Kier alpha value is -2.48. The number of carbonyl (C=O) groups excluding carboxylic acids is 2. The zero-order valence-electron chi connectivity index (χ0n) is 11.4. The molecule has 1 fully saturated rings. The first-order valence-electron chi connectivity index (χ1n) is 6.42. The highest BCUT2D eigenvalue weighted by Crippen LogP contribution is 2.23. The second-order valence-corrected chi connectivity index (χ2v) is 4.58. The topological polar surface area (TPSA) is 102 Å². The molecule has 1 N–H and O–H groups in total. The number of hydrogen-bond donors (Lipinski definition) is 1. The van der Waals surface area contributed by atoms with Gasteiger partial charge in [0.1, 0.15) is 6.04 Å². The standard InChI is InChI=1S/C13H15N3O5/c1-21-8-2-3-11-12(17)15(13(18)14-11)9-4-6-10(7-5-9)16(19)20/h4-7,11H,2-3,8H2,1H3,(H,14,18). The zero-order valence-corrected chi connectivity index (χ0v) is 11.4. The average molecular weight is 293 g/mol. The van der Waals surface area contributed by atoms with E-state index in [4.69, 9.17) is 4.74 Å². The molecule has 0 aromatic heterocycles. The predicted octanol–water partition coefficient (Wildman–Crippen LogP) is 1.45. The number of carbonyl (C=O) groups is 2. The first-order chi connectivity index (χ1) is 10.0. The number of anilines is 1. The van der Waals surface area contributed by atoms with Gasteiger partial charge in [-0.2, -0.15) is 0 Å². The van der Waals surface area contributed by atoms with E-state index in [1.165, 1.54) is 24.3 Å². The van der Waals surface area contributed by atoms with Crippen molar-refractivity contribution in [3.8, 4) is 0 Å². The van der Waals surface area contributed by atoms with E-state index in [-0.39, 0.29) is 11.6 Å². The number of nitrogens with one attached hydrogen (secondary N) is 1. The van der Waals surface area contributed by atoms with E-state index >= 15 is 0 Å². The molecular formula is C13H15N3O5. The van der Waals surface area contributed by atoms with Gasteiger partial charge in [-0.15, -0.1) is 0 Å². The Bertz CT molecular complexity index is 557. The first-order valence-corrected chi connectivity index (χ1v) is 6.42. The second kappa shape index (κ2) is 6.31. The van der Waals surface area contributed by atoms with E-state index in [2.05, 4.69) is 5.32 Å². The normalized spacial score (nSPS) is 18.0. The summed E-state index contributed by atoms with van der Waals surface area (Å²) in [5, 5.41) is 13.2. The Morgan fingerprint density at radius 2 is 2.00 bits per heavy atom. The van der Waals surface area contributed by atoms with Crippen LogP contribution in [0.15, 0.2) is 24.3 Å². The summed E-state index contributed by atoms with van der Waals surface area (Å²) in [6.07, 6.45) is 1.14. The fourth-order valence-corrected chi connectivity index (χ4v) is 2.13. The SMILES string of the molecule is COCCCC1NC(=O)N(c2ccc([N+](=O)[O-])cc2)C1=O. The molecule has 0 spiro atoms. The van der Waals surface area contributed by atoms with Crippen LogP contribution >= 0.6 is 0 Å². The van der Waals surface area contributed by atoms with Gasteiger partial charge in [0.25, 0.3) is 11.6 Å². The Balaban J connectivity index is 2.10. The maximum atomic E-state index is 12.2. The molecule has 1 aliphatic rings. The van der Waals surface area contributed by atoms with Crippen molar-refractivity contribution in [2.24, 2.45) is 0 Å². The molecule has 0 aliphatic carbocycles. The Labute approximate surface area is 120 Å². The number of nitrogens with zero attached hydrogens (tertiary/aromatic N) is 2. The molecular weight excluding hydrogens is 278 g/mol. The molecule has 21 heavy (non-hydrogen) atoms. The van der Waals surface area contributed by atoms with Crippen LogP contribution in [0.3, 0.4) is 0 Å². The molecule has 1 aromatic rings. The lowest BCUT2D eigenvalue weighted by Gasteiger charge is -2.12. The molecule has 0 saturated carbocycles. The number of methoxy groups -OCH3 is 1. The summed E-state index contributed by atoms with van der Waals surface area (Å²) in [6, 6.07) is 4.18. The molecule has 8 nitrogen and oxygen atoms in total. The molecule has 1 atom stereocenters. The van der Waals surface area contributed by atoms with Gasteiger partial charge < -0.3 is 10.1 Å². The highest BCUT2D eigenvalue weighted by Gasteiger charge is 2.38. The van der Waals surface area contributed by atoms with E-state index in [1.54, 1.807) is 7.11 Å². The number of ether oxygens (including phenoxy) is 1. The third-order valence-electron chi connectivity index (χ3n) is 3.18. The summed E-state index contributed by atoms with van der Waals surface area (Å²) in [4.78, 5) is 35.1. The number of benzene rings is 1.